The van der Waals surface area contributed by atoms with E-state index in [-0.39, 0.29) is 0 Å². The maximum Gasteiger partial charge on any atom is 0.229 e. The van der Waals surface area contributed by atoms with Gasteiger partial charge in [-0.05, 0) is 118 Å². The second-order valence-electron chi connectivity index (χ2n) is 11.6. The van der Waals surface area contributed by atoms with Crippen molar-refractivity contribution in [2.75, 3.05) is 13.2 Å². The summed E-state index contributed by atoms with van der Waals surface area (Å²) in [6.45, 7) is 1.80. The first-order chi connectivity index (χ1) is 18.5. The van der Waals surface area contributed by atoms with Crippen LogP contribution < -0.4 is 0 Å². The highest BCUT2D eigenvalue weighted by atomic mass is 79.9. The highest BCUT2D eigenvalue weighted by Gasteiger charge is 2.58. The molecule has 3 aromatic rings. The van der Waals surface area contributed by atoms with Crippen LogP contribution in [0.25, 0.3) is 22.8 Å². The van der Waals surface area contributed by atoms with Crippen molar-refractivity contribution in [3.05, 3.63) is 56.1 Å². The Balaban J connectivity index is 1.28. The largest absolute Gasteiger partial charge is 0.436 e. The standard InChI is InChI=1S/C31H31Br2ClN2O2/c32-24-15-20-14-22(18-4-2-1-3-5-18)29(23-16-31(23)10-12-37-13-11-31)36-28(20)27(33)26(24)30-35-17-25(38-30)19-6-8-21(34)9-7-19/h6-9,15,17-18,22-23H,1-5,10-14,16H2. The lowest BCUT2D eigenvalue weighted by atomic mass is 9.72. The minimum absolute atomic E-state index is 0.419. The van der Waals surface area contributed by atoms with Gasteiger partial charge in [-0.1, -0.05) is 30.9 Å². The molecule has 4 nitrogen and oxygen atoms in total. The summed E-state index contributed by atoms with van der Waals surface area (Å²) in [4.78, 5) is 10.2. The van der Waals surface area contributed by atoms with Crippen molar-refractivity contribution in [2.24, 2.45) is 28.2 Å². The number of hydrogen-bond donors (Lipinski definition) is 0. The predicted octanol–water partition coefficient (Wildman–Crippen LogP) is 9.83. The number of ether oxygens (including phenoxy) is 1. The molecule has 7 heteroatoms. The number of oxazole rings is 1. The smallest absolute Gasteiger partial charge is 0.229 e. The molecule has 2 atom stereocenters. The van der Waals surface area contributed by atoms with Crippen LogP contribution in [0.1, 0.15) is 56.9 Å². The SMILES string of the molecule is Clc1ccc(-c2cnc(-c3c(Br)cc4c(c3Br)N=C(C3CC35CCOCC5)C(C3CCCCC3)C4)o2)cc1. The highest BCUT2D eigenvalue weighted by Crippen LogP contribution is 2.62. The Hall–Kier alpha value is -1.47. The molecule has 0 bridgehead atoms. The van der Waals surface area contributed by atoms with Crippen molar-refractivity contribution in [3.63, 3.8) is 0 Å². The monoisotopic (exact) mass is 656 g/mol. The quantitative estimate of drug-likeness (QED) is 0.280. The lowest BCUT2D eigenvalue weighted by Crippen LogP contribution is -2.33. The second-order valence-corrected chi connectivity index (χ2v) is 13.7. The normalized spacial score (nSPS) is 24.8. The molecule has 0 amide bonds. The molecule has 2 aliphatic carbocycles. The van der Waals surface area contributed by atoms with Gasteiger partial charge in [-0.15, -0.1) is 0 Å². The maximum atomic E-state index is 6.26. The van der Waals surface area contributed by atoms with Crippen LogP contribution in [0.5, 0.6) is 0 Å². The van der Waals surface area contributed by atoms with Gasteiger partial charge in [0.05, 0.1) is 21.9 Å². The minimum Gasteiger partial charge on any atom is -0.436 e. The Bertz CT molecular complexity index is 1390. The van der Waals surface area contributed by atoms with Gasteiger partial charge < -0.3 is 9.15 Å². The Morgan fingerprint density at radius 3 is 2.53 bits per heavy atom. The number of aromatic nitrogens is 1. The summed E-state index contributed by atoms with van der Waals surface area (Å²) in [5.41, 5.74) is 6.13. The third kappa shape index (κ3) is 4.53. The Kier molecular flexibility index (Phi) is 6.83. The van der Waals surface area contributed by atoms with E-state index in [1.807, 2.05) is 24.3 Å². The van der Waals surface area contributed by atoms with Crippen LogP contribution in [-0.2, 0) is 11.2 Å². The van der Waals surface area contributed by atoms with Gasteiger partial charge in [0.2, 0.25) is 5.89 Å². The number of nitrogens with zero attached hydrogens (tertiary/aromatic N) is 2. The van der Waals surface area contributed by atoms with Gasteiger partial charge in [-0.2, -0.15) is 0 Å². The fraction of sp³-hybridized carbons (Fsp3) is 0.484. The number of halogens is 3. The topological polar surface area (TPSA) is 47.6 Å². The van der Waals surface area contributed by atoms with Gasteiger partial charge in [0, 0.05) is 45.8 Å². The average molecular weight is 659 g/mol. The Labute approximate surface area is 245 Å². The van der Waals surface area contributed by atoms with Crippen molar-refractivity contribution >= 4 is 54.9 Å². The first-order valence-electron chi connectivity index (χ1n) is 13.9. The first kappa shape index (κ1) is 25.5. The first-order valence-corrected chi connectivity index (χ1v) is 15.9. The number of fused-ring (bicyclic) bond motifs is 1. The number of benzene rings is 2. The summed E-state index contributed by atoms with van der Waals surface area (Å²) in [6, 6.07) is 9.90. The molecule has 1 spiro atoms. The van der Waals surface area contributed by atoms with Crippen LogP contribution in [0.15, 0.2) is 54.9 Å². The van der Waals surface area contributed by atoms with E-state index in [1.54, 1.807) is 6.20 Å². The van der Waals surface area contributed by atoms with E-state index in [9.17, 15) is 0 Å². The summed E-state index contributed by atoms with van der Waals surface area (Å²) in [5.74, 6) is 3.20. The van der Waals surface area contributed by atoms with E-state index in [0.29, 0.717) is 33.9 Å². The molecule has 2 aromatic carbocycles. The zero-order chi connectivity index (χ0) is 25.9. The maximum absolute atomic E-state index is 6.26. The lowest BCUT2D eigenvalue weighted by Gasteiger charge is -2.36. The fourth-order valence-corrected chi connectivity index (χ4v) is 8.96. The molecule has 3 heterocycles. The molecule has 2 saturated carbocycles. The molecule has 198 valence electrons. The highest BCUT2D eigenvalue weighted by molar-refractivity contribution is 9.11. The molecule has 7 rings (SSSR count). The van der Waals surface area contributed by atoms with E-state index in [1.165, 1.54) is 62.6 Å². The number of aliphatic imine (C=N–C) groups is 1. The van der Waals surface area contributed by atoms with Gasteiger partial charge in [0.25, 0.3) is 0 Å². The molecule has 3 fully saturated rings. The van der Waals surface area contributed by atoms with Crippen LogP contribution in [0, 0.1) is 23.2 Å². The van der Waals surface area contributed by atoms with Gasteiger partial charge >= 0.3 is 0 Å². The zero-order valence-electron chi connectivity index (χ0n) is 21.3. The van der Waals surface area contributed by atoms with Crippen molar-refractivity contribution in [3.8, 4) is 22.8 Å². The van der Waals surface area contributed by atoms with Crippen molar-refractivity contribution < 1.29 is 9.15 Å². The molecule has 1 aromatic heterocycles. The fourth-order valence-electron chi connectivity index (χ4n) is 7.20. The van der Waals surface area contributed by atoms with Crippen LogP contribution in [0.2, 0.25) is 5.02 Å². The molecular weight excluding hydrogens is 628 g/mol. The Morgan fingerprint density at radius 2 is 1.76 bits per heavy atom. The zero-order valence-corrected chi connectivity index (χ0v) is 25.2. The van der Waals surface area contributed by atoms with Gasteiger partial charge in [-0.25, -0.2) is 4.98 Å². The van der Waals surface area contributed by atoms with Crippen LogP contribution >= 0.6 is 43.5 Å². The van der Waals surface area contributed by atoms with Crippen LogP contribution in [0.3, 0.4) is 0 Å². The Morgan fingerprint density at radius 1 is 1.00 bits per heavy atom. The number of hydrogen-bond acceptors (Lipinski definition) is 4. The summed E-state index contributed by atoms with van der Waals surface area (Å²) < 4.78 is 14.0. The average Bonchev–Trinajstić information content (AvgIpc) is 3.39. The van der Waals surface area contributed by atoms with E-state index in [0.717, 1.165) is 51.3 Å². The van der Waals surface area contributed by atoms with E-state index >= 15 is 0 Å². The molecule has 0 N–H and O–H groups in total. The second kappa shape index (κ2) is 10.2. The molecule has 2 unspecified atom stereocenters. The van der Waals surface area contributed by atoms with Crippen LogP contribution in [0.4, 0.5) is 5.69 Å². The molecule has 4 aliphatic rings. The van der Waals surface area contributed by atoms with Gasteiger partial charge in [0.1, 0.15) is 0 Å². The molecular formula is C31H31Br2ClN2O2. The summed E-state index contributed by atoms with van der Waals surface area (Å²) in [6.07, 6.45) is 13.3. The summed E-state index contributed by atoms with van der Waals surface area (Å²) in [7, 11) is 0. The molecule has 0 radical (unpaired) electrons. The van der Waals surface area contributed by atoms with Crippen molar-refractivity contribution in [2.45, 2.75) is 57.8 Å². The van der Waals surface area contributed by atoms with E-state index in [2.05, 4.69) is 42.9 Å². The number of rotatable bonds is 4. The molecule has 2 aliphatic heterocycles. The van der Waals surface area contributed by atoms with Crippen molar-refractivity contribution in [1.82, 2.24) is 4.98 Å². The lowest BCUT2D eigenvalue weighted by molar-refractivity contribution is 0.0548. The van der Waals surface area contributed by atoms with E-state index < -0.39 is 0 Å². The minimum atomic E-state index is 0.419. The van der Waals surface area contributed by atoms with Crippen LogP contribution in [-0.4, -0.2) is 23.9 Å². The third-order valence-electron chi connectivity index (χ3n) is 9.43. The third-order valence-corrected chi connectivity index (χ3v) is 11.1. The van der Waals surface area contributed by atoms with Gasteiger partial charge in [0.15, 0.2) is 5.76 Å². The van der Waals surface area contributed by atoms with E-state index in [4.69, 9.17) is 25.7 Å². The van der Waals surface area contributed by atoms with Crippen molar-refractivity contribution in [1.29, 1.82) is 0 Å². The molecule has 1 saturated heterocycles. The summed E-state index contributed by atoms with van der Waals surface area (Å²) >= 11 is 13.9. The van der Waals surface area contributed by atoms with Gasteiger partial charge in [-0.3, -0.25) is 4.99 Å². The summed E-state index contributed by atoms with van der Waals surface area (Å²) in [5, 5.41) is 0.701. The predicted molar refractivity (Wildman–Crippen MR) is 159 cm³/mol. The molecule has 38 heavy (non-hydrogen) atoms.